The highest BCUT2D eigenvalue weighted by molar-refractivity contribution is 5.86. The van der Waals surface area contributed by atoms with E-state index in [-0.39, 0.29) is 39.1 Å². The second-order valence-electron chi connectivity index (χ2n) is 13.6. The molecule has 0 amide bonds. The molecule has 4 aliphatic rings. The summed E-state index contributed by atoms with van der Waals surface area (Å²) in [4.78, 5) is 24.0. The topological polar surface area (TPSA) is 94.8 Å². The van der Waals surface area contributed by atoms with E-state index in [1.54, 1.807) is 0 Å². The van der Waals surface area contributed by atoms with Crippen LogP contribution in [0.5, 0.6) is 0 Å². The molecule has 0 heterocycles. The van der Waals surface area contributed by atoms with Crippen molar-refractivity contribution in [1.82, 2.24) is 0 Å². The van der Waals surface area contributed by atoms with Gasteiger partial charge in [0.1, 0.15) is 5.78 Å². The molecule has 3 fully saturated rings. The van der Waals surface area contributed by atoms with Gasteiger partial charge in [-0.3, -0.25) is 4.79 Å². The van der Waals surface area contributed by atoms with Gasteiger partial charge in [0.25, 0.3) is 0 Å². The van der Waals surface area contributed by atoms with Crippen LogP contribution >= 0.6 is 0 Å². The van der Waals surface area contributed by atoms with Crippen LogP contribution in [0.3, 0.4) is 0 Å². The predicted octanol–water partition coefficient (Wildman–Crippen LogP) is 5.55. The number of carbonyl (C=O) groups is 2. The van der Waals surface area contributed by atoms with Gasteiger partial charge >= 0.3 is 5.97 Å². The summed E-state index contributed by atoms with van der Waals surface area (Å²) >= 11 is 0. The third-order valence-corrected chi connectivity index (χ3v) is 11.8. The average molecular weight is 487 g/mol. The molecule has 0 aromatic carbocycles. The van der Waals surface area contributed by atoms with E-state index >= 15 is 0 Å². The Bertz CT molecular complexity index is 962. The molecular formula is C30H46O5. The number of ketones is 1. The fourth-order valence-electron chi connectivity index (χ4n) is 9.43. The van der Waals surface area contributed by atoms with Crippen LogP contribution in [-0.4, -0.2) is 39.3 Å². The highest BCUT2D eigenvalue weighted by Gasteiger charge is 2.68. The van der Waals surface area contributed by atoms with E-state index in [1.165, 1.54) is 18.6 Å². The Hall–Kier alpha value is -1.46. The number of aliphatic hydroxyl groups is 2. The summed E-state index contributed by atoms with van der Waals surface area (Å²) in [5.41, 5.74) is 0.926. The second-order valence-corrected chi connectivity index (χ2v) is 13.6. The maximum Gasteiger partial charge on any atom is 0.331 e. The van der Waals surface area contributed by atoms with Crippen molar-refractivity contribution in [3.8, 4) is 0 Å². The van der Waals surface area contributed by atoms with Gasteiger partial charge in [-0.2, -0.15) is 0 Å². The van der Waals surface area contributed by atoms with Crippen LogP contribution in [-0.2, 0) is 9.59 Å². The Labute approximate surface area is 211 Å². The van der Waals surface area contributed by atoms with Gasteiger partial charge in [0.2, 0.25) is 0 Å². The first kappa shape index (κ1) is 26.6. The number of carbonyl (C=O) groups excluding carboxylic acids is 1. The number of fused-ring (bicyclic) bond motifs is 5. The first-order chi connectivity index (χ1) is 16.1. The zero-order chi connectivity index (χ0) is 26.1. The first-order valence-corrected chi connectivity index (χ1v) is 13.6. The molecule has 0 aromatic heterocycles. The van der Waals surface area contributed by atoms with Gasteiger partial charge < -0.3 is 15.3 Å². The van der Waals surface area contributed by atoms with Gasteiger partial charge in [0, 0.05) is 22.8 Å². The van der Waals surface area contributed by atoms with Gasteiger partial charge in [-0.25, -0.2) is 4.79 Å². The third-order valence-electron chi connectivity index (χ3n) is 11.8. The van der Waals surface area contributed by atoms with E-state index in [0.717, 1.165) is 25.7 Å². The fraction of sp³-hybridized carbons (Fsp3) is 0.800. The van der Waals surface area contributed by atoms with E-state index < -0.39 is 18.2 Å². The molecule has 196 valence electrons. The lowest BCUT2D eigenvalue weighted by Gasteiger charge is -2.63. The molecule has 9 atom stereocenters. The molecule has 2 unspecified atom stereocenters. The number of carboxylic acids is 1. The van der Waals surface area contributed by atoms with Crippen molar-refractivity contribution in [2.75, 3.05) is 0 Å². The minimum absolute atomic E-state index is 0.0740. The van der Waals surface area contributed by atoms with Crippen LogP contribution in [0.1, 0.15) is 93.4 Å². The Morgan fingerprint density at radius 2 is 1.86 bits per heavy atom. The largest absolute Gasteiger partial charge is 0.478 e. The lowest BCUT2D eigenvalue weighted by molar-refractivity contribution is -0.147. The maximum absolute atomic E-state index is 12.8. The highest BCUT2D eigenvalue weighted by atomic mass is 16.4. The normalized spacial score (nSPS) is 44.5. The minimum Gasteiger partial charge on any atom is -0.478 e. The first-order valence-electron chi connectivity index (χ1n) is 13.6. The molecule has 0 aromatic rings. The van der Waals surface area contributed by atoms with Crippen LogP contribution in [0.4, 0.5) is 0 Å². The van der Waals surface area contributed by atoms with Crippen LogP contribution in [0, 0.1) is 45.3 Å². The lowest BCUT2D eigenvalue weighted by atomic mass is 9.41. The molecule has 4 rings (SSSR count). The molecule has 5 heteroatoms. The minimum atomic E-state index is -1.01. The summed E-state index contributed by atoms with van der Waals surface area (Å²) in [5, 5.41) is 31.4. The van der Waals surface area contributed by atoms with Crippen LogP contribution in [0.25, 0.3) is 0 Å². The Kier molecular flexibility index (Phi) is 6.50. The van der Waals surface area contributed by atoms with Crippen molar-refractivity contribution in [2.24, 2.45) is 45.3 Å². The van der Waals surface area contributed by atoms with Crippen molar-refractivity contribution in [1.29, 1.82) is 0 Å². The van der Waals surface area contributed by atoms with Gasteiger partial charge in [-0.05, 0) is 86.0 Å². The number of carboxylic acid groups (broad SMARTS) is 1. The van der Waals surface area contributed by atoms with E-state index in [1.807, 2.05) is 0 Å². The lowest BCUT2D eigenvalue weighted by Crippen LogP contribution is -2.58. The maximum atomic E-state index is 12.8. The van der Waals surface area contributed by atoms with Crippen LogP contribution < -0.4 is 0 Å². The van der Waals surface area contributed by atoms with Crippen molar-refractivity contribution >= 4 is 11.8 Å². The number of hydrogen-bond acceptors (Lipinski definition) is 4. The molecule has 0 spiro atoms. The van der Waals surface area contributed by atoms with Crippen LogP contribution in [0.15, 0.2) is 23.3 Å². The molecule has 0 bridgehead atoms. The molecule has 0 saturated heterocycles. The second kappa shape index (κ2) is 8.55. The summed E-state index contributed by atoms with van der Waals surface area (Å²) in [7, 11) is 0. The van der Waals surface area contributed by atoms with Crippen LogP contribution in [0.2, 0.25) is 0 Å². The molecule has 3 saturated carbocycles. The summed E-state index contributed by atoms with van der Waals surface area (Å²) < 4.78 is 0. The zero-order valence-electron chi connectivity index (χ0n) is 22.7. The Morgan fingerprint density at radius 3 is 2.49 bits per heavy atom. The summed E-state index contributed by atoms with van der Waals surface area (Å²) in [6, 6.07) is 0. The number of Topliss-reactive ketones (excluding diaryl/α,β-unsaturated/α-hetero) is 1. The van der Waals surface area contributed by atoms with E-state index in [4.69, 9.17) is 5.11 Å². The zero-order valence-corrected chi connectivity index (χ0v) is 22.7. The molecule has 3 N–H and O–H groups in total. The van der Waals surface area contributed by atoms with E-state index in [0.29, 0.717) is 36.9 Å². The number of hydrogen-bond donors (Lipinski definition) is 3. The molecular weight excluding hydrogens is 440 g/mol. The number of aliphatic hydroxyl groups excluding tert-OH is 2. The quantitative estimate of drug-likeness (QED) is 0.350. The van der Waals surface area contributed by atoms with Crippen molar-refractivity contribution in [3.63, 3.8) is 0 Å². The van der Waals surface area contributed by atoms with Gasteiger partial charge in [-0.1, -0.05) is 53.2 Å². The number of rotatable bonds is 5. The van der Waals surface area contributed by atoms with Crippen molar-refractivity contribution in [2.45, 2.75) is 106 Å². The fourth-order valence-corrected chi connectivity index (χ4v) is 9.43. The molecule has 0 aliphatic heterocycles. The standard InChI is InChI=1S/C30H46O5/c1-17(14-19(31)15-18(2)26(34)35)22-16-25(33)30(7)21-8-9-23-27(3,4)24(32)11-12-28(23,5)20(21)10-13-29(22,30)6/h8,15,17,19-20,22-23,25,31,33H,9-14,16H2,1-7H3,(H,34,35)/b18-15+/t17-,19+,20?,22-,23?,25+,28-,29-,30-/m1/s1. The monoisotopic (exact) mass is 486 g/mol. The van der Waals surface area contributed by atoms with E-state index in [2.05, 4.69) is 47.6 Å². The molecule has 4 aliphatic carbocycles. The van der Waals surface area contributed by atoms with Crippen molar-refractivity contribution < 1.29 is 24.9 Å². The summed E-state index contributed by atoms with van der Waals surface area (Å²) in [6.45, 7) is 15.0. The number of aliphatic carboxylic acids is 1. The highest BCUT2D eigenvalue weighted by Crippen LogP contribution is 2.73. The van der Waals surface area contributed by atoms with Gasteiger partial charge in [0.05, 0.1) is 12.2 Å². The summed E-state index contributed by atoms with van der Waals surface area (Å²) in [5.74, 6) is 0.513. The Morgan fingerprint density at radius 1 is 1.20 bits per heavy atom. The Balaban J connectivity index is 1.65. The average Bonchev–Trinajstić information content (AvgIpc) is 2.98. The third kappa shape index (κ3) is 3.70. The van der Waals surface area contributed by atoms with E-state index in [9.17, 15) is 19.8 Å². The summed E-state index contributed by atoms with van der Waals surface area (Å²) in [6.07, 6.45) is 8.38. The van der Waals surface area contributed by atoms with Gasteiger partial charge in [-0.15, -0.1) is 0 Å². The van der Waals surface area contributed by atoms with Gasteiger partial charge in [0.15, 0.2) is 0 Å². The number of allylic oxidation sites excluding steroid dienone is 1. The smallest absolute Gasteiger partial charge is 0.331 e. The molecule has 35 heavy (non-hydrogen) atoms. The SMILES string of the molecule is C/C(=C\[C@@H](O)C[C@@H](C)[C@H]1C[C@H](O)[C@@]2(C)C3=CCC4C(C)(C)C(=O)CC[C@]4(C)C3CC[C@]12C)C(=O)O. The van der Waals surface area contributed by atoms with Crippen molar-refractivity contribution in [3.05, 3.63) is 23.3 Å². The predicted molar refractivity (Wildman–Crippen MR) is 137 cm³/mol. The molecule has 5 nitrogen and oxygen atoms in total. The molecule has 0 radical (unpaired) electrons.